The molecule has 53 heavy (non-hydrogen) atoms. The Balaban J connectivity index is 1.27. The highest BCUT2D eigenvalue weighted by molar-refractivity contribution is 7.91. The molecule has 286 valence electrons. The smallest absolute Gasteiger partial charge is 0.317 e. The Bertz CT molecular complexity index is 2030. The zero-order valence-electron chi connectivity index (χ0n) is 31.3. The van der Waals surface area contributed by atoms with Gasteiger partial charge in [-0.05, 0) is 69.9 Å². The number of fused-ring (bicyclic) bond motifs is 2. The summed E-state index contributed by atoms with van der Waals surface area (Å²) in [6, 6.07) is 4.03. The number of benzene rings is 1. The number of sulfonamides is 1. The molecule has 0 bridgehead atoms. The zero-order valence-corrected chi connectivity index (χ0v) is 32.9. The summed E-state index contributed by atoms with van der Waals surface area (Å²) < 4.78 is 39.9. The van der Waals surface area contributed by atoms with Crippen LogP contribution in [0.3, 0.4) is 0 Å². The number of thiazole rings is 1. The van der Waals surface area contributed by atoms with Gasteiger partial charge >= 0.3 is 6.03 Å². The van der Waals surface area contributed by atoms with E-state index in [0.29, 0.717) is 48.5 Å². The van der Waals surface area contributed by atoms with Crippen LogP contribution in [0.25, 0.3) is 21.6 Å². The van der Waals surface area contributed by atoms with Crippen molar-refractivity contribution in [3.05, 3.63) is 47.0 Å². The van der Waals surface area contributed by atoms with Gasteiger partial charge in [0.2, 0.25) is 15.9 Å². The lowest BCUT2D eigenvalue weighted by Gasteiger charge is -2.26. The molecular formula is C38H50N6O7S2. The van der Waals surface area contributed by atoms with Gasteiger partial charge in [0.05, 0.1) is 29.7 Å². The van der Waals surface area contributed by atoms with Crippen molar-refractivity contribution in [1.29, 1.82) is 0 Å². The van der Waals surface area contributed by atoms with Crippen LogP contribution in [0.15, 0.2) is 35.7 Å². The first-order valence-electron chi connectivity index (χ1n) is 18.4. The van der Waals surface area contributed by atoms with E-state index in [1.807, 2.05) is 42.7 Å². The Morgan fingerprint density at radius 1 is 1.17 bits per heavy atom. The number of hydrogen-bond acceptors (Lipinski definition) is 10. The highest BCUT2D eigenvalue weighted by atomic mass is 32.2. The van der Waals surface area contributed by atoms with Gasteiger partial charge in [-0.3, -0.25) is 14.3 Å². The fourth-order valence-electron chi connectivity index (χ4n) is 6.85. The first-order valence-corrected chi connectivity index (χ1v) is 20.7. The predicted molar refractivity (Wildman–Crippen MR) is 205 cm³/mol. The van der Waals surface area contributed by atoms with Gasteiger partial charge in [0.25, 0.3) is 5.91 Å². The summed E-state index contributed by atoms with van der Waals surface area (Å²) in [7, 11) is -0.673. The average molecular weight is 767 g/mol. The number of ether oxygens (including phenoxy) is 2. The highest BCUT2D eigenvalue weighted by Crippen LogP contribution is 2.48. The van der Waals surface area contributed by atoms with E-state index in [1.54, 1.807) is 21.1 Å². The summed E-state index contributed by atoms with van der Waals surface area (Å²) in [5.74, 6) is -0.284. The number of urea groups is 1. The predicted octanol–water partition coefficient (Wildman–Crippen LogP) is 5.58. The van der Waals surface area contributed by atoms with E-state index in [2.05, 4.69) is 29.2 Å². The van der Waals surface area contributed by atoms with Crippen molar-refractivity contribution < 1.29 is 32.3 Å². The summed E-state index contributed by atoms with van der Waals surface area (Å²) in [6.45, 7) is 8.42. The zero-order chi connectivity index (χ0) is 38.1. The Morgan fingerprint density at radius 2 is 1.94 bits per heavy atom. The van der Waals surface area contributed by atoms with Crippen molar-refractivity contribution in [2.24, 2.45) is 5.92 Å². The molecule has 0 radical (unpaired) electrons. The van der Waals surface area contributed by atoms with Crippen LogP contribution in [-0.4, -0.2) is 84.8 Å². The second kappa shape index (κ2) is 15.2. The van der Waals surface area contributed by atoms with Crippen molar-refractivity contribution in [2.45, 2.75) is 101 Å². The molecular weight excluding hydrogens is 717 g/mol. The molecule has 0 spiro atoms. The normalized spacial score (nSPS) is 23.7. The molecule has 2 saturated carbocycles. The molecule has 1 aromatic carbocycles. The third kappa shape index (κ3) is 7.87. The molecule has 0 saturated heterocycles. The van der Waals surface area contributed by atoms with Crippen molar-refractivity contribution >= 4 is 50.1 Å². The van der Waals surface area contributed by atoms with E-state index >= 15 is 0 Å². The summed E-state index contributed by atoms with van der Waals surface area (Å²) in [4.78, 5) is 52.5. The first kappa shape index (κ1) is 38.5. The van der Waals surface area contributed by atoms with Crippen LogP contribution in [0.2, 0.25) is 0 Å². The van der Waals surface area contributed by atoms with Gasteiger partial charge < -0.3 is 25.0 Å². The number of amides is 4. The van der Waals surface area contributed by atoms with E-state index in [4.69, 9.17) is 19.4 Å². The number of methoxy groups -OCH3 is 1. The minimum Gasteiger partial charge on any atom is -0.496 e. The molecule has 2 fully saturated rings. The quantitative estimate of drug-likeness (QED) is 0.211. The van der Waals surface area contributed by atoms with E-state index in [-0.39, 0.29) is 31.3 Å². The second-order valence-electron chi connectivity index (χ2n) is 14.8. The molecule has 13 nitrogen and oxygen atoms in total. The van der Waals surface area contributed by atoms with Gasteiger partial charge in [-0.1, -0.05) is 32.9 Å². The molecule has 3 N–H and O–H groups in total. The van der Waals surface area contributed by atoms with Crippen molar-refractivity contribution in [1.82, 2.24) is 30.2 Å². The van der Waals surface area contributed by atoms with Crippen LogP contribution in [0.5, 0.6) is 11.5 Å². The summed E-state index contributed by atoms with van der Waals surface area (Å²) in [5, 5.41) is 9.23. The van der Waals surface area contributed by atoms with Crippen LogP contribution in [0.1, 0.15) is 89.3 Å². The topological polar surface area (TPSA) is 169 Å². The van der Waals surface area contributed by atoms with Crippen LogP contribution >= 0.6 is 11.3 Å². The molecule has 3 heterocycles. The molecule has 6 rings (SSSR count). The van der Waals surface area contributed by atoms with Crippen LogP contribution in [-0.2, 0) is 19.6 Å². The van der Waals surface area contributed by atoms with Gasteiger partial charge in [-0.2, -0.15) is 0 Å². The Hall–Kier alpha value is -4.24. The maximum atomic E-state index is 14.1. The van der Waals surface area contributed by atoms with Crippen LogP contribution in [0, 0.1) is 12.8 Å². The molecule has 15 heteroatoms. The summed E-state index contributed by atoms with van der Waals surface area (Å²) in [5.41, 5.74) is 1.67. The van der Waals surface area contributed by atoms with Gasteiger partial charge in [-0.25, -0.2) is 23.2 Å². The number of aryl methyl sites for hydroxylation is 1. The molecule has 2 aliphatic carbocycles. The number of aromatic nitrogens is 2. The molecule has 4 amide bonds. The fourth-order valence-corrected chi connectivity index (χ4v) is 9.45. The monoisotopic (exact) mass is 766 g/mol. The van der Waals surface area contributed by atoms with Crippen LogP contribution < -0.4 is 24.8 Å². The van der Waals surface area contributed by atoms with E-state index in [0.717, 1.165) is 40.9 Å². The molecule has 3 aliphatic rings. The number of allylic oxidation sites excluding steroid dienone is 1. The molecule has 3 atom stereocenters. The minimum atomic E-state index is -3.95. The lowest BCUT2D eigenvalue weighted by atomic mass is 10.1. The van der Waals surface area contributed by atoms with E-state index < -0.39 is 44.2 Å². The standard InChI is InChI=1S/C38H50N6O7S2/c1-7-37(16-17-37)53(48,49)43-35(46)38-21-25(38)12-10-8-9-11-18-44(5)36(47)41-27(33(45)42-38)15-19-51-31-20-28(34-40-29(22-52-34)23(2)3)39-32-24(4)30(50-6)14-13-26(31)32/h10,12-14,20,22-23,25,27H,7-9,11,15-19,21H2,1-6H3,(H,41,47)(H,42,45)(H,43,46)/b12-10-/t25?,27?,38-/m1/s1. The minimum absolute atomic E-state index is 0.0246. The number of hydrogen-bond donors (Lipinski definition) is 3. The number of nitrogens with one attached hydrogen (secondary N) is 3. The molecule has 2 unspecified atom stereocenters. The molecule has 2 aromatic heterocycles. The SMILES string of the molecule is CCC1(S(=O)(=O)NC(=O)[C@@]23CC2/C=C\CCCCN(C)C(=O)NC(CCOc2cc(-c4nc(C(C)C)cs4)nc4c(C)c(OC)ccc24)C(=O)N3)CC1. The third-order valence-electron chi connectivity index (χ3n) is 10.8. The maximum absolute atomic E-state index is 14.1. The number of nitrogens with zero attached hydrogens (tertiary/aromatic N) is 3. The van der Waals surface area contributed by atoms with Crippen LogP contribution in [0.4, 0.5) is 4.79 Å². The Kier molecular flexibility index (Phi) is 11.1. The molecule has 3 aromatic rings. The first-order chi connectivity index (χ1) is 25.2. The van der Waals surface area contributed by atoms with Gasteiger partial charge in [0.15, 0.2) is 0 Å². The fraction of sp³-hybridized carbons (Fsp3) is 0.553. The second-order valence-corrected chi connectivity index (χ2v) is 17.7. The summed E-state index contributed by atoms with van der Waals surface area (Å²) >= 11 is 1.50. The van der Waals surface area contributed by atoms with Gasteiger partial charge in [0.1, 0.15) is 33.8 Å². The summed E-state index contributed by atoms with van der Waals surface area (Å²) in [6.07, 6.45) is 7.83. The number of carbonyl (C=O) groups is 3. The average Bonchev–Trinajstić information content (AvgIpc) is 4.02. The lowest BCUT2D eigenvalue weighted by molar-refractivity contribution is -0.130. The number of pyridine rings is 1. The highest BCUT2D eigenvalue weighted by Gasteiger charge is 2.63. The number of rotatable bonds is 11. The third-order valence-corrected chi connectivity index (χ3v) is 14.0. The van der Waals surface area contributed by atoms with E-state index in [1.165, 1.54) is 16.2 Å². The largest absolute Gasteiger partial charge is 0.496 e. The van der Waals surface area contributed by atoms with Crippen molar-refractivity contribution in [3.8, 4) is 22.2 Å². The van der Waals surface area contributed by atoms with Gasteiger partial charge in [0, 0.05) is 48.3 Å². The van der Waals surface area contributed by atoms with Crippen molar-refractivity contribution in [3.63, 3.8) is 0 Å². The van der Waals surface area contributed by atoms with Crippen molar-refractivity contribution in [2.75, 3.05) is 27.3 Å². The Labute approximate surface area is 315 Å². The molecule has 1 aliphatic heterocycles. The van der Waals surface area contributed by atoms with Gasteiger partial charge in [-0.15, -0.1) is 11.3 Å². The van der Waals surface area contributed by atoms with E-state index in [9.17, 15) is 22.8 Å². The Morgan fingerprint density at radius 3 is 2.62 bits per heavy atom. The number of carbonyl (C=O) groups excluding carboxylic acids is 3. The lowest BCUT2D eigenvalue weighted by Crippen LogP contribution is -2.58. The maximum Gasteiger partial charge on any atom is 0.317 e.